The lowest BCUT2D eigenvalue weighted by atomic mass is 10.2. The van der Waals surface area contributed by atoms with Crippen LogP contribution in [0.2, 0.25) is 5.02 Å². The third-order valence-electron chi connectivity index (χ3n) is 4.27. The largest absolute Gasteiger partial charge is 0.459 e. The second kappa shape index (κ2) is 8.14. The smallest absolute Gasteiger partial charge is 0.293 e. The molecule has 28 heavy (non-hydrogen) atoms. The Morgan fingerprint density at radius 3 is 2.79 bits per heavy atom. The summed E-state index contributed by atoms with van der Waals surface area (Å²) >= 11 is 7.28. The van der Waals surface area contributed by atoms with Crippen molar-refractivity contribution < 1.29 is 14.0 Å². The number of aromatic nitrogens is 1. The molecule has 0 aliphatic carbocycles. The number of benzene rings is 1. The summed E-state index contributed by atoms with van der Waals surface area (Å²) in [5.74, 6) is -0.161. The molecule has 0 unspecified atom stereocenters. The quantitative estimate of drug-likeness (QED) is 0.663. The molecule has 0 saturated carbocycles. The standard InChI is InChI=1S/C19H17ClN4O3S/c20-12-3-5-13(6-4-12)21-17(25)11-24-8-7-14-16(10-24)28-19(22-14)23-18(26)15-2-1-9-27-15/h1-6,9H,7-8,10-11H2,(H,21,25)(H,22,23,26). The minimum absolute atomic E-state index is 0.0818. The van der Waals surface area contributed by atoms with Gasteiger partial charge in [-0.15, -0.1) is 11.3 Å². The Morgan fingerprint density at radius 1 is 1.21 bits per heavy atom. The molecule has 2 aromatic heterocycles. The predicted molar refractivity (Wildman–Crippen MR) is 108 cm³/mol. The van der Waals surface area contributed by atoms with E-state index in [0.29, 0.717) is 22.4 Å². The number of hydrogen-bond donors (Lipinski definition) is 2. The van der Waals surface area contributed by atoms with E-state index in [1.807, 2.05) is 0 Å². The summed E-state index contributed by atoms with van der Waals surface area (Å²) in [6.45, 7) is 1.64. The van der Waals surface area contributed by atoms with Crippen molar-refractivity contribution in [3.05, 3.63) is 64.0 Å². The van der Waals surface area contributed by atoms with Gasteiger partial charge in [-0.3, -0.25) is 19.8 Å². The van der Waals surface area contributed by atoms with Crippen molar-refractivity contribution in [3.8, 4) is 0 Å². The number of halogens is 1. The van der Waals surface area contributed by atoms with Gasteiger partial charge in [-0.25, -0.2) is 4.98 Å². The van der Waals surface area contributed by atoms with Crippen molar-refractivity contribution in [2.24, 2.45) is 0 Å². The van der Waals surface area contributed by atoms with Crippen LogP contribution in [0.25, 0.3) is 0 Å². The number of rotatable bonds is 5. The SMILES string of the molecule is O=C(CN1CCc2nc(NC(=O)c3ccco3)sc2C1)Nc1ccc(Cl)cc1. The average molecular weight is 417 g/mol. The molecule has 1 aliphatic heterocycles. The molecule has 3 heterocycles. The second-order valence-electron chi connectivity index (χ2n) is 6.34. The maximum Gasteiger partial charge on any atom is 0.293 e. The fourth-order valence-corrected chi connectivity index (χ4v) is 4.11. The minimum atomic E-state index is -0.324. The third kappa shape index (κ3) is 4.41. The molecule has 0 radical (unpaired) electrons. The molecule has 2 N–H and O–H groups in total. The zero-order valence-corrected chi connectivity index (χ0v) is 16.3. The van der Waals surface area contributed by atoms with E-state index >= 15 is 0 Å². The topological polar surface area (TPSA) is 87.5 Å². The lowest BCUT2D eigenvalue weighted by Crippen LogP contribution is -2.36. The molecule has 144 valence electrons. The maximum absolute atomic E-state index is 12.3. The average Bonchev–Trinajstić information content (AvgIpc) is 3.32. The van der Waals surface area contributed by atoms with Gasteiger partial charge < -0.3 is 9.73 Å². The summed E-state index contributed by atoms with van der Waals surface area (Å²) in [4.78, 5) is 32.0. The number of carbonyl (C=O) groups excluding carboxylic acids is 2. The number of furan rings is 1. The molecule has 0 fully saturated rings. The van der Waals surface area contributed by atoms with Crippen LogP contribution in [-0.2, 0) is 17.8 Å². The van der Waals surface area contributed by atoms with Gasteiger partial charge in [0.2, 0.25) is 5.91 Å². The molecule has 3 aromatic rings. The summed E-state index contributed by atoms with van der Waals surface area (Å²) in [5.41, 5.74) is 1.68. The van der Waals surface area contributed by atoms with Crippen molar-refractivity contribution >= 4 is 45.6 Å². The van der Waals surface area contributed by atoms with Gasteiger partial charge >= 0.3 is 0 Å². The third-order valence-corrected chi connectivity index (χ3v) is 5.52. The molecule has 1 aliphatic rings. The number of amides is 2. The van der Waals surface area contributed by atoms with Gasteiger partial charge in [-0.05, 0) is 36.4 Å². The summed E-state index contributed by atoms with van der Waals surface area (Å²) in [7, 11) is 0. The first-order chi connectivity index (χ1) is 13.6. The number of anilines is 2. The lowest BCUT2D eigenvalue weighted by molar-refractivity contribution is -0.117. The van der Waals surface area contributed by atoms with E-state index in [4.69, 9.17) is 16.0 Å². The van der Waals surface area contributed by atoms with Crippen LogP contribution in [0.5, 0.6) is 0 Å². The van der Waals surface area contributed by atoms with Crippen molar-refractivity contribution in [1.82, 2.24) is 9.88 Å². The number of nitrogens with zero attached hydrogens (tertiary/aromatic N) is 2. The zero-order valence-electron chi connectivity index (χ0n) is 14.8. The number of thiazole rings is 1. The first-order valence-corrected chi connectivity index (χ1v) is 9.87. The number of nitrogens with one attached hydrogen (secondary N) is 2. The van der Waals surface area contributed by atoms with Crippen LogP contribution in [0.1, 0.15) is 21.1 Å². The highest BCUT2D eigenvalue weighted by molar-refractivity contribution is 7.15. The van der Waals surface area contributed by atoms with E-state index < -0.39 is 0 Å². The highest BCUT2D eigenvalue weighted by Gasteiger charge is 2.23. The van der Waals surface area contributed by atoms with Crippen LogP contribution < -0.4 is 10.6 Å². The Balaban J connectivity index is 1.34. The highest BCUT2D eigenvalue weighted by Crippen LogP contribution is 2.28. The molecule has 9 heteroatoms. The summed E-state index contributed by atoms with van der Waals surface area (Å²) in [5, 5.41) is 6.80. The van der Waals surface area contributed by atoms with E-state index in [0.717, 1.165) is 23.5 Å². The Bertz CT molecular complexity index is 985. The Kier molecular flexibility index (Phi) is 5.43. The fourth-order valence-electron chi connectivity index (χ4n) is 2.94. The fraction of sp³-hybridized carbons (Fsp3) is 0.211. The normalized spacial score (nSPS) is 13.8. The van der Waals surface area contributed by atoms with E-state index in [1.165, 1.54) is 17.6 Å². The molecular weight excluding hydrogens is 400 g/mol. The van der Waals surface area contributed by atoms with Gasteiger partial charge in [-0.2, -0.15) is 0 Å². The van der Waals surface area contributed by atoms with Gasteiger partial charge in [0.05, 0.1) is 18.5 Å². The van der Waals surface area contributed by atoms with Crippen molar-refractivity contribution in [2.75, 3.05) is 23.7 Å². The summed E-state index contributed by atoms with van der Waals surface area (Å²) in [6, 6.07) is 10.3. The van der Waals surface area contributed by atoms with Gasteiger partial charge in [0.1, 0.15) is 0 Å². The van der Waals surface area contributed by atoms with E-state index in [9.17, 15) is 9.59 Å². The van der Waals surface area contributed by atoms with Crippen molar-refractivity contribution in [3.63, 3.8) is 0 Å². The van der Waals surface area contributed by atoms with Gasteiger partial charge in [0.25, 0.3) is 5.91 Å². The van der Waals surface area contributed by atoms with Crippen LogP contribution >= 0.6 is 22.9 Å². The molecule has 0 saturated heterocycles. The van der Waals surface area contributed by atoms with Crippen LogP contribution in [0.3, 0.4) is 0 Å². The molecular formula is C19H17ClN4O3S. The Morgan fingerprint density at radius 2 is 2.04 bits per heavy atom. The second-order valence-corrected chi connectivity index (χ2v) is 7.86. The number of fused-ring (bicyclic) bond motifs is 1. The first-order valence-electron chi connectivity index (χ1n) is 8.68. The number of carbonyl (C=O) groups is 2. The zero-order chi connectivity index (χ0) is 19.5. The predicted octanol–water partition coefficient (Wildman–Crippen LogP) is 3.64. The molecule has 0 spiro atoms. The van der Waals surface area contributed by atoms with Crippen LogP contribution in [0.4, 0.5) is 10.8 Å². The Hall–Kier alpha value is -2.68. The number of hydrogen-bond acceptors (Lipinski definition) is 6. The van der Waals surface area contributed by atoms with Crippen LogP contribution in [-0.4, -0.2) is 34.8 Å². The summed E-state index contributed by atoms with van der Waals surface area (Å²) in [6.07, 6.45) is 2.19. The summed E-state index contributed by atoms with van der Waals surface area (Å²) < 4.78 is 5.09. The monoisotopic (exact) mass is 416 g/mol. The molecule has 1 aromatic carbocycles. The van der Waals surface area contributed by atoms with Gasteiger partial charge in [-0.1, -0.05) is 11.6 Å². The maximum atomic E-state index is 12.3. The van der Waals surface area contributed by atoms with Crippen molar-refractivity contribution in [1.29, 1.82) is 0 Å². The van der Waals surface area contributed by atoms with E-state index in [-0.39, 0.29) is 24.1 Å². The van der Waals surface area contributed by atoms with E-state index in [1.54, 1.807) is 36.4 Å². The molecule has 0 atom stereocenters. The molecule has 4 rings (SSSR count). The van der Waals surface area contributed by atoms with Crippen LogP contribution in [0, 0.1) is 0 Å². The van der Waals surface area contributed by atoms with Gasteiger partial charge in [0, 0.05) is 35.1 Å². The highest BCUT2D eigenvalue weighted by atomic mass is 35.5. The Labute approximate surface area is 170 Å². The van der Waals surface area contributed by atoms with Crippen LogP contribution in [0.15, 0.2) is 47.1 Å². The lowest BCUT2D eigenvalue weighted by Gasteiger charge is -2.25. The molecule has 7 nitrogen and oxygen atoms in total. The molecule has 0 bridgehead atoms. The minimum Gasteiger partial charge on any atom is -0.459 e. The molecule has 2 amide bonds. The van der Waals surface area contributed by atoms with E-state index in [2.05, 4.69) is 20.5 Å². The van der Waals surface area contributed by atoms with Crippen molar-refractivity contribution in [2.45, 2.75) is 13.0 Å². The first kappa shape index (κ1) is 18.7. The van der Waals surface area contributed by atoms with Gasteiger partial charge in [0.15, 0.2) is 10.9 Å².